The lowest BCUT2D eigenvalue weighted by Crippen LogP contribution is -2.18. The third-order valence-corrected chi connectivity index (χ3v) is 5.17. The average Bonchev–Trinajstić information content (AvgIpc) is 2.87. The molecule has 0 bridgehead atoms. The number of carbonyl (C=O) groups excluding carboxylic acids is 2. The Hall–Kier alpha value is -4.59. The van der Waals surface area contributed by atoms with Gasteiger partial charge in [-0.3, -0.25) is 14.6 Å². The van der Waals surface area contributed by atoms with Crippen LogP contribution in [0.4, 0.5) is 5.69 Å². The van der Waals surface area contributed by atoms with Gasteiger partial charge in [-0.2, -0.15) is 0 Å². The van der Waals surface area contributed by atoms with E-state index in [1.165, 1.54) is 13.3 Å². The van der Waals surface area contributed by atoms with Crippen LogP contribution in [-0.4, -0.2) is 38.1 Å². The second-order valence-corrected chi connectivity index (χ2v) is 7.27. The summed E-state index contributed by atoms with van der Waals surface area (Å²) in [6.45, 7) is 0. The summed E-state index contributed by atoms with van der Waals surface area (Å²) < 4.78 is 16.5. The quantitative estimate of drug-likeness (QED) is 0.419. The lowest BCUT2D eigenvalue weighted by molar-refractivity contribution is 0.0957. The van der Waals surface area contributed by atoms with Crippen molar-refractivity contribution in [3.8, 4) is 23.0 Å². The van der Waals surface area contributed by atoms with Gasteiger partial charge < -0.3 is 24.8 Å². The summed E-state index contributed by atoms with van der Waals surface area (Å²) in [5.41, 5.74) is 1.37. The highest BCUT2D eigenvalue weighted by atomic mass is 16.5. The number of ether oxygens (including phenoxy) is 3. The van der Waals surface area contributed by atoms with Gasteiger partial charge in [0.25, 0.3) is 11.8 Å². The molecule has 0 aliphatic carbocycles. The van der Waals surface area contributed by atoms with Crippen LogP contribution in [0.15, 0.2) is 72.9 Å². The monoisotopic (exact) mass is 457 g/mol. The van der Waals surface area contributed by atoms with Crippen molar-refractivity contribution in [1.82, 2.24) is 10.3 Å². The number of carbonyl (C=O) groups is 2. The third kappa shape index (κ3) is 4.75. The molecule has 0 unspecified atom stereocenters. The highest BCUT2D eigenvalue weighted by Gasteiger charge is 2.13. The molecular weight excluding hydrogens is 434 g/mol. The maximum atomic E-state index is 12.9. The number of rotatable bonds is 7. The molecule has 0 atom stereocenters. The number of benzene rings is 3. The van der Waals surface area contributed by atoms with Gasteiger partial charge in [-0.15, -0.1) is 0 Å². The minimum Gasteiger partial charge on any atom is -0.493 e. The van der Waals surface area contributed by atoms with Gasteiger partial charge in [0, 0.05) is 35.9 Å². The van der Waals surface area contributed by atoms with Crippen LogP contribution in [0.1, 0.15) is 20.8 Å². The Morgan fingerprint density at radius 2 is 1.62 bits per heavy atom. The summed E-state index contributed by atoms with van der Waals surface area (Å²) in [5.74, 6) is 1.54. The number of methoxy groups -OCH3 is 2. The van der Waals surface area contributed by atoms with Crippen molar-refractivity contribution in [2.24, 2.45) is 0 Å². The second kappa shape index (κ2) is 9.91. The van der Waals surface area contributed by atoms with E-state index in [0.717, 1.165) is 10.8 Å². The topological polar surface area (TPSA) is 98.8 Å². The van der Waals surface area contributed by atoms with E-state index in [9.17, 15) is 9.59 Å². The molecule has 0 radical (unpaired) electrons. The van der Waals surface area contributed by atoms with Crippen LogP contribution in [0.3, 0.4) is 0 Å². The lowest BCUT2D eigenvalue weighted by Gasteiger charge is -2.12. The fraction of sp³-hybridized carbons (Fsp3) is 0.115. The predicted octanol–water partition coefficient (Wildman–Crippen LogP) is 4.66. The fourth-order valence-corrected chi connectivity index (χ4v) is 3.47. The molecule has 0 fully saturated rings. The zero-order valence-electron chi connectivity index (χ0n) is 18.9. The van der Waals surface area contributed by atoms with Gasteiger partial charge >= 0.3 is 0 Å². The van der Waals surface area contributed by atoms with E-state index in [0.29, 0.717) is 34.2 Å². The zero-order valence-corrected chi connectivity index (χ0v) is 18.9. The Kier molecular flexibility index (Phi) is 6.59. The van der Waals surface area contributed by atoms with E-state index in [1.54, 1.807) is 50.6 Å². The van der Waals surface area contributed by atoms with Gasteiger partial charge in [0.15, 0.2) is 11.5 Å². The summed E-state index contributed by atoms with van der Waals surface area (Å²) in [7, 11) is 4.61. The molecular formula is C26H23N3O5. The first-order valence-electron chi connectivity index (χ1n) is 10.4. The van der Waals surface area contributed by atoms with Crippen LogP contribution in [0.25, 0.3) is 10.8 Å². The summed E-state index contributed by atoms with van der Waals surface area (Å²) in [4.78, 5) is 28.7. The normalized spacial score (nSPS) is 10.4. The van der Waals surface area contributed by atoms with E-state index in [4.69, 9.17) is 14.2 Å². The van der Waals surface area contributed by atoms with Crippen molar-refractivity contribution in [2.75, 3.05) is 26.6 Å². The summed E-state index contributed by atoms with van der Waals surface area (Å²) >= 11 is 0. The molecule has 0 saturated carbocycles. The van der Waals surface area contributed by atoms with Crippen LogP contribution in [-0.2, 0) is 0 Å². The summed E-state index contributed by atoms with van der Waals surface area (Å²) in [5, 5.41) is 7.22. The molecule has 172 valence electrons. The zero-order chi connectivity index (χ0) is 24.1. The lowest BCUT2D eigenvalue weighted by atomic mass is 10.1. The first-order chi connectivity index (χ1) is 16.5. The van der Waals surface area contributed by atoms with Gasteiger partial charge in [-0.25, -0.2) is 0 Å². The molecule has 2 amide bonds. The van der Waals surface area contributed by atoms with Crippen LogP contribution in [0.2, 0.25) is 0 Å². The number of hydrogen-bond acceptors (Lipinski definition) is 6. The smallest absolute Gasteiger partial charge is 0.269 e. The number of pyridine rings is 1. The largest absolute Gasteiger partial charge is 0.493 e. The molecule has 1 heterocycles. The highest BCUT2D eigenvalue weighted by molar-refractivity contribution is 6.09. The molecule has 3 aromatic carbocycles. The van der Waals surface area contributed by atoms with Crippen molar-refractivity contribution in [3.05, 3.63) is 84.2 Å². The first kappa shape index (κ1) is 22.6. The van der Waals surface area contributed by atoms with Gasteiger partial charge in [-0.05, 0) is 53.9 Å². The van der Waals surface area contributed by atoms with Crippen molar-refractivity contribution in [1.29, 1.82) is 0 Å². The Balaban J connectivity index is 1.57. The van der Waals surface area contributed by atoms with Gasteiger partial charge in [-0.1, -0.05) is 12.1 Å². The molecule has 8 nitrogen and oxygen atoms in total. The minimum atomic E-state index is -0.293. The fourth-order valence-electron chi connectivity index (χ4n) is 3.47. The molecule has 0 aliphatic heterocycles. The van der Waals surface area contributed by atoms with E-state index >= 15 is 0 Å². The first-order valence-corrected chi connectivity index (χ1v) is 10.4. The van der Waals surface area contributed by atoms with Crippen molar-refractivity contribution >= 4 is 28.3 Å². The molecule has 2 N–H and O–H groups in total. The van der Waals surface area contributed by atoms with Gasteiger partial charge in [0.2, 0.25) is 0 Å². The molecule has 8 heteroatoms. The number of hydrogen-bond donors (Lipinski definition) is 2. The maximum Gasteiger partial charge on any atom is 0.269 e. The van der Waals surface area contributed by atoms with Crippen molar-refractivity contribution in [2.45, 2.75) is 0 Å². The summed E-state index contributed by atoms with van der Waals surface area (Å²) in [6.07, 6.45) is 1.52. The molecule has 0 saturated heterocycles. The predicted molar refractivity (Wildman–Crippen MR) is 129 cm³/mol. The number of fused-ring (bicyclic) bond motifs is 1. The highest BCUT2D eigenvalue weighted by Crippen LogP contribution is 2.31. The SMILES string of the molecule is CNC(=O)c1cc(Oc2ccc3c(NC(=O)c4ccc(OC)c(OC)c4)cccc3c2)ccn1. The van der Waals surface area contributed by atoms with Crippen LogP contribution in [0.5, 0.6) is 23.0 Å². The Bertz CT molecular complexity index is 1370. The van der Waals surface area contributed by atoms with Gasteiger partial charge in [0.1, 0.15) is 17.2 Å². The van der Waals surface area contributed by atoms with E-state index in [2.05, 4.69) is 15.6 Å². The molecule has 0 spiro atoms. The van der Waals surface area contributed by atoms with E-state index in [1.807, 2.05) is 30.3 Å². The van der Waals surface area contributed by atoms with E-state index < -0.39 is 0 Å². The molecule has 34 heavy (non-hydrogen) atoms. The molecule has 1 aromatic heterocycles. The maximum absolute atomic E-state index is 12.9. The average molecular weight is 457 g/mol. The molecule has 0 aliphatic rings. The number of nitrogens with one attached hydrogen (secondary N) is 2. The standard InChI is InChI=1S/C26H23N3O5/c1-27-26(31)22-15-19(11-12-28-22)34-18-8-9-20-16(13-18)5-4-6-21(20)29-25(30)17-7-10-23(32-2)24(14-17)33-3/h4-15H,1-3H3,(H,27,31)(H,29,30). The van der Waals surface area contributed by atoms with E-state index in [-0.39, 0.29) is 17.5 Å². The Morgan fingerprint density at radius 1 is 0.824 bits per heavy atom. The number of anilines is 1. The Morgan fingerprint density at radius 3 is 2.38 bits per heavy atom. The van der Waals surface area contributed by atoms with Crippen molar-refractivity contribution < 1.29 is 23.8 Å². The molecule has 4 aromatic rings. The third-order valence-electron chi connectivity index (χ3n) is 5.17. The Labute approximate surface area is 196 Å². The van der Waals surface area contributed by atoms with Crippen molar-refractivity contribution in [3.63, 3.8) is 0 Å². The van der Waals surface area contributed by atoms with Gasteiger partial charge in [0.05, 0.1) is 14.2 Å². The van der Waals surface area contributed by atoms with Crippen LogP contribution < -0.4 is 24.8 Å². The number of nitrogens with zero attached hydrogens (tertiary/aromatic N) is 1. The molecule has 4 rings (SSSR count). The number of amides is 2. The minimum absolute atomic E-state index is 0.265. The van der Waals surface area contributed by atoms with Crippen LogP contribution >= 0.6 is 0 Å². The van der Waals surface area contributed by atoms with Crippen LogP contribution in [0, 0.1) is 0 Å². The number of aromatic nitrogens is 1. The second-order valence-electron chi connectivity index (χ2n) is 7.27. The summed E-state index contributed by atoms with van der Waals surface area (Å²) in [6, 6.07) is 19.4.